The number of nitrogens with zero attached hydrogens (tertiary/aromatic N) is 3. The van der Waals surface area contributed by atoms with Crippen LogP contribution in [0.25, 0.3) is 0 Å². The lowest BCUT2D eigenvalue weighted by Crippen LogP contribution is -2.00. The summed E-state index contributed by atoms with van der Waals surface area (Å²) in [5, 5.41) is 5.39. The lowest BCUT2D eigenvalue weighted by atomic mass is 10.5. The van der Waals surface area contributed by atoms with Crippen LogP contribution in [0.2, 0.25) is 5.02 Å². The van der Waals surface area contributed by atoms with E-state index in [0.717, 1.165) is 22.4 Å². The maximum Gasteiger partial charge on any atom is 0.145 e. The summed E-state index contributed by atoms with van der Waals surface area (Å²) in [6, 6.07) is 3.66. The summed E-state index contributed by atoms with van der Waals surface area (Å²) in [5.41, 5.74) is 0. The first kappa shape index (κ1) is 12.1. The first-order chi connectivity index (χ1) is 8.28. The van der Waals surface area contributed by atoms with Crippen LogP contribution < -0.4 is 5.32 Å². The Morgan fingerprint density at radius 2 is 2.12 bits per heavy atom. The number of halogens is 1. The molecule has 0 spiro atoms. The summed E-state index contributed by atoms with van der Waals surface area (Å²) >= 11 is 7.22. The SMILES string of the molecule is CCNc1cncc(Sc2ccc(Cl)cn2)n1. The van der Waals surface area contributed by atoms with Crippen LogP contribution in [0.15, 0.2) is 40.8 Å². The van der Waals surface area contributed by atoms with Crippen LogP contribution in [0.3, 0.4) is 0 Å². The zero-order valence-corrected chi connectivity index (χ0v) is 10.8. The molecule has 88 valence electrons. The van der Waals surface area contributed by atoms with Gasteiger partial charge >= 0.3 is 0 Å². The highest BCUT2D eigenvalue weighted by molar-refractivity contribution is 7.99. The molecule has 0 aliphatic rings. The van der Waals surface area contributed by atoms with Crippen molar-refractivity contribution in [2.75, 3.05) is 11.9 Å². The Labute approximate surface area is 109 Å². The van der Waals surface area contributed by atoms with Gasteiger partial charge in [0.15, 0.2) is 0 Å². The Morgan fingerprint density at radius 1 is 1.24 bits per heavy atom. The second kappa shape index (κ2) is 5.84. The zero-order chi connectivity index (χ0) is 12.1. The molecule has 0 aromatic carbocycles. The van der Waals surface area contributed by atoms with Gasteiger partial charge in [-0.15, -0.1) is 0 Å². The number of aromatic nitrogens is 3. The van der Waals surface area contributed by atoms with Crippen LogP contribution in [-0.4, -0.2) is 21.5 Å². The summed E-state index contributed by atoms with van der Waals surface area (Å²) in [6.07, 6.45) is 5.02. The summed E-state index contributed by atoms with van der Waals surface area (Å²) in [6.45, 7) is 2.84. The van der Waals surface area contributed by atoms with Crippen LogP contribution >= 0.6 is 23.4 Å². The van der Waals surface area contributed by atoms with Gasteiger partial charge in [0.05, 0.1) is 17.4 Å². The Balaban J connectivity index is 2.12. The molecule has 0 saturated carbocycles. The van der Waals surface area contributed by atoms with E-state index in [4.69, 9.17) is 11.6 Å². The fourth-order valence-corrected chi connectivity index (χ4v) is 2.02. The van der Waals surface area contributed by atoms with Gasteiger partial charge in [0, 0.05) is 12.7 Å². The van der Waals surface area contributed by atoms with Crippen molar-refractivity contribution >= 4 is 29.2 Å². The average Bonchev–Trinajstić information content (AvgIpc) is 2.33. The first-order valence-electron chi connectivity index (χ1n) is 5.13. The molecule has 0 atom stereocenters. The molecule has 0 unspecified atom stereocenters. The summed E-state index contributed by atoms with van der Waals surface area (Å²) < 4.78 is 0. The highest BCUT2D eigenvalue weighted by atomic mass is 35.5. The number of rotatable bonds is 4. The van der Waals surface area contributed by atoms with Crippen LogP contribution in [-0.2, 0) is 0 Å². The van der Waals surface area contributed by atoms with Gasteiger partial charge in [-0.3, -0.25) is 4.98 Å². The Bertz CT molecular complexity index is 489. The molecule has 1 N–H and O–H groups in total. The topological polar surface area (TPSA) is 50.7 Å². The molecule has 2 aromatic rings. The molecule has 2 rings (SSSR count). The van der Waals surface area contributed by atoms with Crippen LogP contribution in [0, 0.1) is 0 Å². The van der Waals surface area contributed by atoms with E-state index in [9.17, 15) is 0 Å². The number of hydrogen-bond acceptors (Lipinski definition) is 5. The Kier molecular flexibility index (Phi) is 4.17. The lowest BCUT2D eigenvalue weighted by molar-refractivity contribution is 1.02. The van der Waals surface area contributed by atoms with Crippen LogP contribution in [0.5, 0.6) is 0 Å². The molecule has 0 fully saturated rings. The zero-order valence-electron chi connectivity index (χ0n) is 9.22. The molecule has 0 radical (unpaired) electrons. The molecule has 0 amide bonds. The molecular weight excluding hydrogens is 256 g/mol. The largest absolute Gasteiger partial charge is 0.369 e. The smallest absolute Gasteiger partial charge is 0.145 e. The van der Waals surface area contributed by atoms with Crippen LogP contribution in [0.1, 0.15) is 6.92 Å². The van der Waals surface area contributed by atoms with Gasteiger partial charge in [0.2, 0.25) is 0 Å². The first-order valence-corrected chi connectivity index (χ1v) is 6.32. The fourth-order valence-electron chi connectivity index (χ4n) is 1.19. The minimum absolute atomic E-state index is 0.627. The minimum atomic E-state index is 0.627. The Morgan fingerprint density at radius 3 is 2.82 bits per heavy atom. The molecule has 0 saturated heterocycles. The highest BCUT2D eigenvalue weighted by Crippen LogP contribution is 2.24. The maximum absolute atomic E-state index is 5.77. The van der Waals surface area contributed by atoms with E-state index in [2.05, 4.69) is 20.3 Å². The highest BCUT2D eigenvalue weighted by Gasteiger charge is 2.02. The maximum atomic E-state index is 5.77. The fraction of sp³-hybridized carbons (Fsp3) is 0.182. The van der Waals surface area contributed by atoms with Gasteiger partial charge in [-0.2, -0.15) is 0 Å². The molecule has 0 bridgehead atoms. The summed E-state index contributed by atoms with van der Waals surface area (Å²) in [4.78, 5) is 12.7. The third-order valence-corrected chi connectivity index (χ3v) is 2.96. The van der Waals surface area contributed by atoms with Gasteiger partial charge in [-0.1, -0.05) is 11.6 Å². The quantitative estimate of drug-likeness (QED) is 0.922. The van der Waals surface area contributed by atoms with Crippen molar-refractivity contribution in [1.29, 1.82) is 0 Å². The predicted octanol–water partition coefficient (Wildman–Crippen LogP) is 3.11. The Hall–Kier alpha value is -1.33. The molecule has 0 aliphatic heterocycles. The average molecular weight is 267 g/mol. The normalized spacial score (nSPS) is 10.2. The molecule has 0 aliphatic carbocycles. The van der Waals surface area contributed by atoms with Crippen LogP contribution in [0.4, 0.5) is 5.82 Å². The third-order valence-electron chi connectivity index (χ3n) is 1.88. The number of anilines is 1. The molecular formula is C11H11ClN4S. The van der Waals surface area contributed by atoms with Crippen molar-refractivity contribution in [3.8, 4) is 0 Å². The minimum Gasteiger partial charge on any atom is -0.369 e. The van der Waals surface area contributed by atoms with Crippen molar-refractivity contribution in [1.82, 2.24) is 15.0 Å². The van der Waals surface area contributed by atoms with E-state index in [-0.39, 0.29) is 0 Å². The van der Waals surface area contributed by atoms with Crippen molar-refractivity contribution in [2.24, 2.45) is 0 Å². The molecule has 17 heavy (non-hydrogen) atoms. The second-order valence-corrected chi connectivity index (χ2v) is 4.67. The number of nitrogens with one attached hydrogen (secondary N) is 1. The molecule has 2 heterocycles. The second-order valence-electron chi connectivity index (χ2n) is 3.19. The van der Waals surface area contributed by atoms with Crippen molar-refractivity contribution in [3.05, 3.63) is 35.7 Å². The number of hydrogen-bond donors (Lipinski definition) is 1. The standard InChI is InChI=1S/C11H11ClN4S/c1-2-14-9-6-13-7-11(16-9)17-10-4-3-8(12)5-15-10/h3-7H,2H2,1H3,(H,14,16). The molecule has 2 aromatic heterocycles. The summed E-state index contributed by atoms with van der Waals surface area (Å²) in [5.74, 6) is 0.770. The van der Waals surface area contributed by atoms with Gasteiger partial charge in [-0.25, -0.2) is 9.97 Å². The van der Waals surface area contributed by atoms with E-state index < -0.39 is 0 Å². The van der Waals surface area contributed by atoms with E-state index in [1.807, 2.05) is 13.0 Å². The number of pyridine rings is 1. The third kappa shape index (κ3) is 3.57. The van der Waals surface area contributed by atoms with Crippen molar-refractivity contribution in [3.63, 3.8) is 0 Å². The summed E-state index contributed by atoms with van der Waals surface area (Å²) in [7, 11) is 0. The molecule has 4 nitrogen and oxygen atoms in total. The monoisotopic (exact) mass is 266 g/mol. The van der Waals surface area contributed by atoms with Crippen molar-refractivity contribution in [2.45, 2.75) is 17.0 Å². The van der Waals surface area contributed by atoms with E-state index in [1.165, 1.54) is 11.8 Å². The van der Waals surface area contributed by atoms with E-state index in [0.29, 0.717) is 5.02 Å². The predicted molar refractivity (Wildman–Crippen MR) is 69.6 cm³/mol. The van der Waals surface area contributed by atoms with E-state index >= 15 is 0 Å². The van der Waals surface area contributed by atoms with Crippen molar-refractivity contribution < 1.29 is 0 Å². The van der Waals surface area contributed by atoms with E-state index in [1.54, 1.807) is 24.7 Å². The van der Waals surface area contributed by atoms with Gasteiger partial charge in [-0.05, 0) is 30.8 Å². The van der Waals surface area contributed by atoms with Gasteiger partial charge in [0.1, 0.15) is 15.9 Å². The van der Waals surface area contributed by atoms with Gasteiger partial charge in [0.25, 0.3) is 0 Å². The van der Waals surface area contributed by atoms with Gasteiger partial charge < -0.3 is 5.32 Å². The molecule has 6 heteroatoms. The lowest BCUT2D eigenvalue weighted by Gasteiger charge is -2.03.